The summed E-state index contributed by atoms with van der Waals surface area (Å²) in [5.41, 5.74) is 0.949. The van der Waals surface area contributed by atoms with Crippen LogP contribution in [0.4, 0.5) is 16.2 Å². The van der Waals surface area contributed by atoms with Crippen LogP contribution in [0.15, 0.2) is 57.2 Å². The first-order chi connectivity index (χ1) is 10.4. The third-order valence-corrected chi connectivity index (χ3v) is 5.13. The maximum absolute atomic E-state index is 12.1. The van der Waals surface area contributed by atoms with Crippen LogP contribution in [0.5, 0.6) is 0 Å². The van der Waals surface area contributed by atoms with Gasteiger partial charge in [0.25, 0.3) is 10.1 Å². The molecule has 1 heterocycles. The largest absolute Gasteiger partial charge is 1.00 e. The van der Waals surface area contributed by atoms with E-state index in [1.54, 1.807) is 18.2 Å². The molecule has 1 N–H and O–H groups in total. The van der Waals surface area contributed by atoms with E-state index < -0.39 is 16.2 Å². The van der Waals surface area contributed by atoms with E-state index in [-0.39, 0.29) is 35.9 Å². The third-order valence-electron chi connectivity index (χ3n) is 3.15. The Balaban J connectivity index is 0.00000144. The Bertz CT molecular complexity index is 875. The van der Waals surface area contributed by atoms with Crippen LogP contribution < -0.4 is 34.5 Å². The van der Waals surface area contributed by atoms with Crippen molar-refractivity contribution < 1.29 is 53.5 Å². The van der Waals surface area contributed by atoms with Crippen molar-refractivity contribution in [1.29, 1.82) is 0 Å². The molecule has 0 atom stereocenters. The van der Waals surface area contributed by atoms with Gasteiger partial charge in [0.2, 0.25) is 0 Å². The zero-order valence-corrected chi connectivity index (χ0v) is 16.0. The van der Waals surface area contributed by atoms with Crippen LogP contribution >= 0.6 is 11.8 Å². The molecule has 1 aliphatic rings. The van der Waals surface area contributed by atoms with E-state index in [2.05, 4.69) is 0 Å². The molecule has 0 fully saturated rings. The smallest absolute Gasteiger partial charge is 1.00 e. The van der Waals surface area contributed by atoms with Crippen LogP contribution in [-0.2, 0) is 14.9 Å². The maximum atomic E-state index is 12.1. The molecular weight excluding hydrogens is 349 g/mol. The van der Waals surface area contributed by atoms with Crippen molar-refractivity contribution in [2.75, 3.05) is 12.0 Å². The number of methoxy groups -OCH3 is 1. The van der Waals surface area contributed by atoms with Crippen LogP contribution in [0.2, 0.25) is 0 Å². The maximum Gasteiger partial charge on any atom is 1.00 e. The first-order valence-electron chi connectivity index (χ1n) is 6.18. The summed E-state index contributed by atoms with van der Waals surface area (Å²) in [6.45, 7) is 0. The van der Waals surface area contributed by atoms with Crippen molar-refractivity contribution >= 4 is 39.3 Å². The van der Waals surface area contributed by atoms with Crippen molar-refractivity contribution in [3.63, 3.8) is 0 Å². The number of fused-ring (bicyclic) bond motifs is 2. The third kappa shape index (κ3) is 3.42. The predicted molar refractivity (Wildman–Crippen MR) is 82.5 cm³/mol. The molecule has 2 aromatic carbocycles. The zero-order chi connectivity index (χ0) is 15.9. The van der Waals surface area contributed by atoms with E-state index in [0.717, 1.165) is 4.90 Å². The van der Waals surface area contributed by atoms with Crippen molar-refractivity contribution in [2.45, 2.75) is 14.7 Å². The van der Waals surface area contributed by atoms with E-state index in [1.165, 1.54) is 35.9 Å². The summed E-state index contributed by atoms with van der Waals surface area (Å²) in [6, 6.07) is 11.3. The monoisotopic (exact) mass is 361 g/mol. The molecule has 0 bridgehead atoms. The second-order valence-electron chi connectivity index (χ2n) is 4.48. The summed E-state index contributed by atoms with van der Waals surface area (Å²) in [6.07, 6.45) is -0.638. The van der Waals surface area contributed by atoms with Gasteiger partial charge in [0, 0.05) is 9.79 Å². The molecule has 0 saturated carbocycles. The summed E-state index contributed by atoms with van der Waals surface area (Å²) in [5.74, 6) is 0. The number of para-hydroxylation sites is 1. The summed E-state index contributed by atoms with van der Waals surface area (Å²) < 4.78 is 36.6. The number of carbonyl (C=O) groups is 1. The Hall–Kier alpha value is -1.03. The van der Waals surface area contributed by atoms with E-state index in [4.69, 9.17) is 4.74 Å². The summed E-state index contributed by atoms with van der Waals surface area (Å²) in [4.78, 5) is 14.7. The molecule has 2 aromatic rings. The predicted octanol–water partition coefficient (Wildman–Crippen LogP) is 0.419. The molecule has 1 amide bonds. The first kappa shape index (κ1) is 18.3. The Morgan fingerprint density at radius 1 is 1.17 bits per heavy atom. The van der Waals surface area contributed by atoms with Crippen molar-refractivity contribution in [3.05, 3.63) is 42.5 Å². The molecule has 3 rings (SSSR count). The van der Waals surface area contributed by atoms with Gasteiger partial charge in [-0.25, -0.2) is 9.69 Å². The fraction of sp³-hybridized carbons (Fsp3) is 0.0714. The Kier molecular flexibility index (Phi) is 5.44. The van der Waals surface area contributed by atoms with Crippen molar-refractivity contribution in [3.8, 4) is 0 Å². The Morgan fingerprint density at radius 3 is 2.48 bits per heavy atom. The zero-order valence-electron chi connectivity index (χ0n) is 13.4. The Morgan fingerprint density at radius 2 is 1.83 bits per heavy atom. The minimum absolute atomic E-state index is 0. The number of benzene rings is 2. The molecule has 9 heteroatoms. The molecule has 0 spiro atoms. The molecule has 116 valence electrons. The molecule has 0 aromatic heterocycles. The van der Waals surface area contributed by atoms with Crippen molar-refractivity contribution in [1.82, 2.24) is 0 Å². The molecule has 0 unspecified atom stereocenters. The van der Waals surface area contributed by atoms with Gasteiger partial charge in [-0.05, 0) is 30.3 Å². The van der Waals surface area contributed by atoms with Gasteiger partial charge in [0.1, 0.15) is 0 Å². The summed E-state index contributed by atoms with van der Waals surface area (Å²) in [5, 5.41) is 0. The SMILES string of the molecule is COC(=O)N1c2ccccc2Sc2ccc(S(=O)(=O)O)cc21.[H-].[Na+]. The number of nitrogens with zero attached hydrogens (tertiary/aromatic N) is 1. The number of anilines is 2. The number of carbonyl (C=O) groups excluding carboxylic acids is 1. The van der Waals surface area contributed by atoms with Gasteiger partial charge < -0.3 is 6.16 Å². The number of rotatable bonds is 1. The van der Waals surface area contributed by atoms with Gasteiger partial charge in [-0.1, -0.05) is 23.9 Å². The Labute approximate surface area is 161 Å². The van der Waals surface area contributed by atoms with E-state index in [9.17, 15) is 17.8 Å². The molecule has 0 saturated heterocycles. The van der Waals surface area contributed by atoms with Crippen LogP contribution in [0.25, 0.3) is 0 Å². The van der Waals surface area contributed by atoms with Gasteiger partial charge in [0.05, 0.1) is 23.4 Å². The first-order valence-corrected chi connectivity index (χ1v) is 8.44. The van der Waals surface area contributed by atoms with Gasteiger partial charge in [-0.3, -0.25) is 4.55 Å². The van der Waals surface area contributed by atoms with Gasteiger partial charge in [-0.15, -0.1) is 0 Å². The van der Waals surface area contributed by atoms with Crippen LogP contribution in [-0.4, -0.2) is 26.2 Å². The topological polar surface area (TPSA) is 83.9 Å². The molecular formula is C14H12NNaO5S2. The minimum Gasteiger partial charge on any atom is -1.00 e. The van der Waals surface area contributed by atoms with Gasteiger partial charge in [-0.2, -0.15) is 8.42 Å². The molecule has 0 radical (unpaired) electrons. The number of ether oxygens (including phenoxy) is 1. The van der Waals surface area contributed by atoms with Gasteiger partial charge in [0.15, 0.2) is 0 Å². The standard InChI is InChI=1S/C14H11NO5S2.Na.H/c1-20-14(16)15-10-4-2-3-5-12(10)21-13-7-6-9(8-11(13)15)22(17,18)19;;/h2-8H,1H3,(H,17,18,19);;/q;+1;-1. The molecule has 23 heavy (non-hydrogen) atoms. The number of hydrogen-bond donors (Lipinski definition) is 1. The second kappa shape index (κ2) is 6.84. The average molecular weight is 361 g/mol. The summed E-state index contributed by atoms with van der Waals surface area (Å²) in [7, 11) is -3.11. The second-order valence-corrected chi connectivity index (χ2v) is 6.99. The van der Waals surface area contributed by atoms with Crippen LogP contribution in [0.1, 0.15) is 1.43 Å². The van der Waals surface area contributed by atoms with E-state index in [0.29, 0.717) is 16.3 Å². The summed E-state index contributed by atoms with van der Waals surface area (Å²) >= 11 is 1.41. The fourth-order valence-electron chi connectivity index (χ4n) is 2.18. The van der Waals surface area contributed by atoms with Crippen LogP contribution in [0.3, 0.4) is 0 Å². The fourth-order valence-corrected chi connectivity index (χ4v) is 3.72. The van der Waals surface area contributed by atoms with E-state index in [1.807, 2.05) is 12.1 Å². The number of amides is 1. The molecule has 1 aliphatic heterocycles. The normalized spacial score (nSPS) is 12.7. The number of hydrogen-bond acceptors (Lipinski definition) is 5. The quantitative estimate of drug-likeness (QED) is 0.585. The molecule has 0 aliphatic carbocycles. The van der Waals surface area contributed by atoms with Crippen LogP contribution in [0, 0.1) is 0 Å². The minimum atomic E-state index is -4.36. The van der Waals surface area contributed by atoms with Crippen molar-refractivity contribution in [2.24, 2.45) is 0 Å². The van der Waals surface area contributed by atoms with E-state index >= 15 is 0 Å². The average Bonchev–Trinajstić information content (AvgIpc) is 2.50. The van der Waals surface area contributed by atoms with Gasteiger partial charge >= 0.3 is 35.7 Å². The molecule has 6 nitrogen and oxygen atoms in total.